The van der Waals surface area contributed by atoms with E-state index >= 15 is 0 Å². The normalized spacial score (nSPS) is 12.7. The van der Waals surface area contributed by atoms with Crippen molar-refractivity contribution < 1.29 is 4.79 Å². The van der Waals surface area contributed by atoms with E-state index in [1.54, 1.807) is 16.7 Å². The number of aromatic amines is 1. The van der Waals surface area contributed by atoms with E-state index < -0.39 is 0 Å². The zero-order chi connectivity index (χ0) is 20.0. The molecule has 0 saturated carbocycles. The van der Waals surface area contributed by atoms with Gasteiger partial charge >= 0.3 is 0 Å². The maximum atomic E-state index is 13.2. The van der Waals surface area contributed by atoms with E-state index in [0.717, 1.165) is 21.2 Å². The molecule has 0 fully saturated rings. The number of carbonyl (C=O) groups excluding carboxylic acids is 1. The van der Waals surface area contributed by atoms with Crippen molar-refractivity contribution >= 4 is 69.4 Å². The van der Waals surface area contributed by atoms with Crippen LogP contribution in [0.15, 0.2) is 63.7 Å². The summed E-state index contributed by atoms with van der Waals surface area (Å²) in [6.45, 7) is 0. The van der Waals surface area contributed by atoms with Gasteiger partial charge in [0.05, 0.1) is 17.1 Å². The third-order valence-electron chi connectivity index (χ3n) is 4.37. The largest absolute Gasteiger partial charge is 0.382 e. The number of nitrogen functional groups attached to an aromatic ring is 1. The summed E-state index contributed by atoms with van der Waals surface area (Å²) in [6.07, 6.45) is 1.36. The Balaban J connectivity index is 1.46. The zero-order valence-corrected chi connectivity index (χ0v) is 17.2. The average Bonchev–Trinajstić information content (AvgIpc) is 3.15. The number of nitrogens with zero attached hydrogens (tertiary/aromatic N) is 4. The third kappa shape index (κ3) is 3.31. The predicted octanol–water partition coefficient (Wildman–Crippen LogP) is 4.51. The van der Waals surface area contributed by atoms with Crippen LogP contribution in [-0.4, -0.2) is 31.6 Å². The molecular weight excluding hydrogens is 428 g/mol. The van der Waals surface area contributed by atoms with E-state index in [0.29, 0.717) is 27.2 Å². The molecule has 10 heteroatoms. The van der Waals surface area contributed by atoms with Crippen LogP contribution in [-0.2, 0) is 4.79 Å². The predicted molar refractivity (Wildman–Crippen MR) is 116 cm³/mol. The van der Waals surface area contributed by atoms with Crippen molar-refractivity contribution in [1.82, 2.24) is 19.9 Å². The van der Waals surface area contributed by atoms with Gasteiger partial charge in [0.1, 0.15) is 11.8 Å². The number of nitrogens with one attached hydrogen (secondary N) is 1. The van der Waals surface area contributed by atoms with Crippen molar-refractivity contribution in [3.8, 4) is 0 Å². The molecule has 3 heterocycles. The molecule has 1 aliphatic rings. The number of hydrogen-bond acceptors (Lipinski definition) is 7. The van der Waals surface area contributed by atoms with Gasteiger partial charge in [0, 0.05) is 14.8 Å². The van der Waals surface area contributed by atoms with Crippen molar-refractivity contribution in [2.24, 2.45) is 0 Å². The molecule has 0 spiro atoms. The molecule has 4 aromatic rings. The summed E-state index contributed by atoms with van der Waals surface area (Å²) in [5.41, 5.74) is 8.51. The van der Waals surface area contributed by atoms with Gasteiger partial charge in [-0.15, -0.1) is 0 Å². The molecule has 3 N–H and O–H groups in total. The Labute approximate surface area is 179 Å². The molecule has 0 radical (unpaired) electrons. The Kier molecular flexibility index (Phi) is 4.57. The number of H-pyrrole nitrogens is 1. The summed E-state index contributed by atoms with van der Waals surface area (Å²) in [7, 11) is 0. The molecule has 0 saturated heterocycles. The van der Waals surface area contributed by atoms with Gasteiger partial charge in [-0.05, 0) is 30.3 Å². The van der Waals surface area contributed by atoms with Gasteiger partial charge in [-0.25, -0.2) is 15.0 Å². The molecule has 0 bridgehead atoms. The van der Waals surface area contributed by atoms with Crippen molar-refractivity contribution in [2.75, 3.05) is 16.4 Å². The number of thioether (sulfide) groups is 1. The molecule has 1 aliphatic heterocycles. The van der Waals surface area contributed by atoms with Crippen LogP contribution in [0, 0.1) is 0 Å². The van der Waals surface area contributed by atoms with Crippen LogP contribution in [0.4, 0.5) is 17.2 Å². The standard InChI is InChI=1S/C19H13ClN6OS2/c20-10-5-6-14-12(7-10)26(11-3-1-2-4-13(11)29-14)15(27)8-28-19-24-16-17(21)22-9-23-18(16)25-19/h1-7,9H,8H2,(H3,21,22,23,24,25). The zero-order valence-electron chi connectivity index (χ0n) is 14.8. The number of anilines is 3. The molecule has 0 unspecified atom stereocenters. The number of amides is 1. The first-order chi connectivity index (χ1) is 14.1. The van der Waals surface area contributed by atoms with Crippen LogP contribution >= 0.6 is 35.1 Å². The lowest BCUT2D eigenvalue weighted by Gasteiger charge is -2.31. The van der Waals surface area contributed by atoms with Gasteiger partial charge in [-0.1, -0.05) is 47.3 Å². The van der Waals surface area contributed by atoms with E-state index in [1.165, 1.54) is 18.1 Å². The first kappa shape index (κ1) is 18.3. The van der Waals surface area contributed by atoms with Crippen molar-refractivity contribution in [3.63, 3.8) is 0 Å². The third-order valence-corrected chi connectivity index (χ3v) is 6.59. The highest BCUT2D eigenvalue weighted by atomic mass is 35.5. The smallest absolute Gasteiger partial charge is 0.242 e. The second-order valence-electron chi connectivity index (χ2n) is 6.20. The second-order valence-corrected chi connectivity index (χ2v) is 8.68. The summed E-state index contributed by atoms with van der Waals surface area (Å²) >= 11 is 9.13. The SMILES string of the molecule is Nc1ncnc2nc(SCC(=O)N3c4ccccc4Sc4ccc(Cl)cc43)[nH]c12. The lowest BCUT2D eigenvalue weighted by molar-refractivity contribution is -0.115. The van der Waals surface area contributed by atoms with Crippen LogP contribution in [0.5, 0.6) is 0 Å². The number of benzene rings is 2. The first-order valence-electron chi connectivity index (χ1n) is 8.58. The maximum absolute atomic E-state index is 13.2. The summed E-state index contributed by atoms with van der Waals surface area (Å²) in [5.74, 6) is 0.426. The molecule has 144 valence electrons. The highest BCUT2D eigenvalue weighted by molar-refractivity contribution is 8.00. The van der Waals surface area contributed by atoms with E-state index in [4.69, 9.17) is 17.3 Å². The molecule has 0 aliphatic carbocycles. The number of aromatic nitrogens is 4. The van der Waals surface area contributed by atoms with Gasteiger partial charge in [0.15, 0.2) is 16.6 Å². The van der Waals surface area contributed by atoms with E-state index in [-0.39, 0.29) is 11.7 Å². The van der Waals surface area contributed by atoms with E-state index in [9.17, 15) is 4.79 Å². The number of nitrogens with two attached hydrogens (primary N) is 1. The second kappa shape index (κ2) is 7.25. The Hall–Kier alpha value is -2.75. The van der Waals surface area contributed by atoms with E-state index in [2.05, 4.69) is 19.9 Å². The van der Waals surface area contributed by atoms with Crippen molar-refractivity contribution in [1.29, 1.82) is 0 Å². The minimum atomic E-state index is -0.0780. The van der Waals surface area contributed by atoms with Crippen LogP contribution in [0.25, 0.3) is 11.2 Å². The number of carbonyl (C=O) groups is 1. The highest BCUT2D eigenvalue weighted by Crippen LogP contribution is 2.49. The van der Waals surface area contributed by atoms with E-state index in [1.807, 2.05) is 42.5 Å². The Morgan fingerprint density at radius 1 is 1.17 bits per heavy atom. The lowest BCUT2D eigenvalue weighted by atomic mass is 10.2. The molecule has 1 amide bonds. The lowest BCUT2D eigenvalue weighted by Crippen LogP contribution is -2.30. The maximum Gasteiger partial charge on any atom is 0.242 e. The van der Waals surface area contributed by atoms with Gasteiger partial charge in [0.2, 0.25) is 5.91 Å². The average molecular weight is 441 g/mol. The highest BCUT2D eigenvalue weighted by Gasteiger charge is 2.28. The van der Waals surface area contributed by atoms with Crippen molar-refractivity contribution in [2.45, 2.75) is 14.9 Å². The van der Waals surface area contributed by atoms with Crippen LogP contribution < -0.4 is 10.6 Å². The van der Waals surface area contributed by atoms with Gasteiger partial charge in [-0.2, -0.15) is 0 Å². The molecule has 29 heavy (non-hydrogen) atoms. The number of para-hydroxylation sites is 1. The Morgan fingerprint density at radius 3 is 2.86 bits per heavy atom. The topological polar surface area (TPSA) is 101 Å². The summed E-state index contributed by atoms with van der Waals surface area (Å²) in [4.78, 5) is 32.5. The van der Waals surface area contributed by atoms with Gasteiger partial charge in [0.25, 0.3) is 0 Å². The Morgan fingerprint density at radius 2 is 2.00 bits per heavy atom. The minimum absolute atomic E-state index is 0.0780. The molecule has 0 atom stereocenters. The molecular formula is C19H13ClN6OS2. The minimum Gasteiger partial charge on any atom is -0.382 e. The van der Waals surface area contributed by atoms with Gasteiger partial charge < -0.3 is 10.7 Å². The fraction of sp³-hybridized carbons (Fsp3) is 0.0526. The van der Waals surface area contributed by atoms with Crippen molar-refractivity contribution in [3.05, 3.63) is 53.8 Å². The summed E-state index contributed by atoms with van der Waals surface area (Å²) in [5, 5.41) is 1.15. The van der Waals surface area contributed by atoms with Gasteiger partial charge in [-0.3, -0.25) is 9.69 Å². The fourth-order valence-corrected chi connectivity index (χ4v) is 5.00. The molecule has 5 rings (SSSR count). The number of rotatable bonds is 3. The summed E-state index contributed by atoms with van der Waals surface area (Å²) in [6, 6.07) is 13.4. The molecule has 2 aromatic carbocycles. The quantitative estimate of drug-likeness (QED) is 0.452. The molecule has 2 aromatic heterocycles. The fourth-order valence-electron chi connectivity index (χ4n) is 3.08. The Bertz CT molecular complexity index is 1260. The van der Waals surface area contributed by atoms with Crippen LogP contribution in [0.2, 0.25) is 5.02 Å². The number of hydrogen-bond donors (Lipinski definition) is 2. The first-order valence-corrected chi connectivity index (χ1v) is 10.8. The summed E-state index contributed by atoms with van der Waals surface area (Å²) < 4.78 is 0. The number of halogens is 1. The monoisotopic (exact) mass is 440 g/mol. The van der Waals surface area contributed by atoms with Crippen LogP contribution in [0.1, 0.15) is 0 Å². The van der Waals surface area contributed by atoms with Crippen LogP contribution in [0.3, 0.4) is 0 Å². The number of imidazole rings is 1. The number of fused-ring (bicyclic) bond motifs is 3. The molecule has 7 nitrogen and oxygen atoms in total.